The van der Waals surface area contributed by atoms with Crippen molar-refractivity contribution in [2.24, 2.45) is 0 Å². The molecule has 0 bridgehead atoms. The summed E-state index contributed by atoms with van der Waals surface area (Å²) < 4.78 is 6.54. The first kappa shape index (κ1) is 13.8. The number of methoxy groups -OCH3 is 1. The van der Waals surface area contributed by atoms with Crippen LogP contribution in [0.2, 0.25) is 0 Å². The molecule has 1 N–H and O–H groups in total. The van der Waals surface area contributed by atoms with Crippen LogP contribution < -0.4 is 10.1 Å². The highest BCUT2D eigenvalue weighted by Crippen LogP contribution is 2.24. The fourth-order valence-corrected chi connectivity index (χ4v) is 3.09. The Bertz CT molecular complexity index is 401. The molecule has 1 aliphatic heterocycles. The molecule has 2 unspecified atom stereocenters. The number of piperazine rings is 1. The van der Waals surface area contributed by atoms with Crippen LogP contribution in [0.5, 0.6) is 5.75 Å². The third-order valence-corrected chi connectivity index (χ3v) is 3.76. The maximum Gasteiger partial charge on any atom is 0.123 e. The van der Waals surface area contributed by atoms with Crippen molar-refractivity contribution in [1.29, 1.82) is 0 Å². The number of nitrogens with one attached hydrogen (secondary N) is 1. The van der Waals surface area contributed by atoms with Crippen LogP contribution in [-0.2, 0) is 6.54 Å². The molecule has 100 valence electrons. The molecule has 1 aromatic carbocycles. The third kappa shape index (κ3) is 3.46. The summed E-state index contributed by atoms with van der Waals surface area (Å²) in [5.74, 6) is 0.969. The summed E-state index contributed by atoms with van der Waals surface area (Å²) in [5, 5.41) is 3.55. The van der Waals surface area contributed by atoms with E-state index in [9.17, 15) is 0 Å². The summed E-state index contributed by atoms with van der Waals surface area (Å²) in [7, 11) is 1.73. The zero-order valence-corrected chi connectivity index (χ0v) is 12.8. The lowest BCUT2D eigenvalue weighted by Crippen LogP contribution is -2.53. The van der Waals surface area contributed by atoms with Crippen molar-refractivity contribution in [1.82, 2.24) is 10.2 Å². The van der Waals surface area contributed by atoms with E-state index in [4.69, 9.17) is 4.74 Å². The van der Waals surface area contributed by atoms with Crippen LogP contribution in [0, 0.1) is 0 Å². The lowest BCUT2D eigenvalue weighted by Gasteiger charge is -2.36. The zero-order valence-electron chi connectivity index (χ0n) is 11.2. The van der Waals surface area contributed by atoms with E-state index < -0.39 is 0 Å². The van der Waals surface area contributed by atoms with Crippen molar-refractivity contribution >= 4 is 15.9 Å². The van der Waals surface area contributed by atoms with Gasteiger partial charge in [-0.25, -0.2) is 0 Å². The number of benzene rings is 1. The van der Waals surface area contributed by atoms with E-state index in [1.54, 1.807) is 7.11 Å². The van der Waals surface area contributed by atoms with Crippen LogP contribution in [0.4, 0.5) is 0 Å². The molecule has 0 saturated carbocycles. The first-order valence-electron chi connectivity index (χ1n) is 6.39. The van der Waals surface area contributed by atoms with Crippen molar-refractivity contribution in [3.05, 3.63) is 28.2 Å². The lowest BCUT2D eigenvalue weighted by molar-refractivity contribution is 0.165. The lowest BCUT2D eigenvalue weighted by atomic mass is 10.1. The number of ether oxygens (including phenoxy) is 1. The molecule has 1 aromatic rings. The van der Waals surface area contributed by atoms with Gasteiger partial charge in [0, 0.05) is 41.8 Å². The molecule has 0 amide bonds. The van der Waals surface area contributed by atoms with Gasteiger partial charge in [-0.2, -0.15) is 0 Å². The summed E-state index contributed by atoms with van der Waals surface area (Å²) in [4.78, 5) is 2.48. The Labute approximate surface area is 118 Å². The molecule has 1 saturated heterocycles. The van der Waals surface area contributed by atoms with Crippen LogP contribution in [0.15, 0.2) is 22.7 Å². The molecule has 1 aliphatic rings. The molecule has 2 atom stereocenters. The van der Waals surface area contributed by atoms with Crippen LogP contribution in [0.1, 0.15) is 19.4 Å². The highest BCUT2D eigenvalue weighted by molar-refractivity contribution is 9.10. The van der Waals surface area contributed by atoms with Crippen LogP contribution >= 0.6 is 15.9 Å². The Kier molecular flexibility index (Phi) is 4.65. The molecule has 18 heavy (non-hydrogen) atoms. The smallest absolute Gasteiger partial charge is 0.123 e. The van der Waals surface area contributed by atoms with E-state index in [2.05, 4.69) is 46.1 Å². The van der Waals surface area contributed by atoms with Crippen molar-refractivity contribution in [3.8, 4) is 5.75 Å². The summed E-state index contributed by atoms with van der Waals surface area (Å²) in [6.07, 6.45) is 0. The van der Waals surface area contributed by atoms with E-state index in [0.29, 0.717) is 12.1 Å². The molecule has 0 radical (unpaired) electrons. The number of halogens is 1. The molecule has 0 spiro atoms. The molecule has 0 aliphatic carbocycles. The van der Waals surface area contributed by atoms with Crippen molar-refractivity contribution < 1.29 is 4.74 Å². The van der Waals surface area contributed by atoms with Gasteiger partial charge in [0.1, 0.15) is 5.75 Å². The molecule has 4 heteroatoms. The molecule has 1 heterocycles. The van der Waals surface area contributed by atoms with Crippen molar-refractivity contribution in [3.63, 3.8) is 0 Å². The molecule has 2 rings (SSSR count). The van der Waals surface area contributed by atoms with Gasteiger partial charge in [-0.15, -0.1) is 0 Å². The normalized spacial score (nSPS) is 25.1. The van der Waals surface area contributed by atoms with Gasteiger partial charge in [-0.1, -0.05) is 15.9 Å². The van der Waals surface area contributed by atoms with Crippen LogP contribution in [0.3, 0.4) is 0 Å². The largest absolute Gasteiger partial charge is 0.496 e. The Morgan fingerprint density at radius 1 is 1.33 bits per heavy atom. The molecular weight excluding hydrogens is 292 g/mol. The minimum Gasteiger partial charge on any atom is -0.496 e. The second-order valence-electron chi connectivity index (χ2n) is 5.12. The number of hydrogen-bond acceptors (Lipinski definition) is 3. The second-order valence-corrected chi connectivity index (χ2v) is 6.03. The van der Waals surface area contributed by atoms with E-state index in [0.717, 1.165) is 29.9 Å². The Balaban J connectivity index is 2.10. The van der Waals surface area contributed by atoms with Gasteiger partial charge < -0.3 is 10.1 Å². The van der Waals surface area contributed by atoms with Crippen LogP contribution in [0.25, 0.3) is 0 Å². The van der Waals surface area contributed by atoms with Gasteiger partial charge in [0.05, 0.1) is 7.11 Å². The molecule has 0 aromatic heterocycles. The average Bonchev–Trinajstić information content (AvgIpc) is 2.27. The van der Waals surface area contributed by atoms with Gasteiger partial charge in [0.2, 0.25) is 0 Å². The standard InChI is InChI=1S/C14H21BrN2O/c1-10-7-17(8-11(2)16-10)9-12-6-13(15)4-5-14(12)18-3/h4-6,10-11,16H,7-9H2,1-3H3. The first-order valence-corrected chi connectivity index (χ1v) is 7.18. The monoisotopic (exact) mass is 312 g/mol. The Morgan fingerprint density at radius 3 is 2.61 bits per heavy atom. The SMILES string of the molecule is COc1ccc(Br)cc1CN1CC(C)NC(C)C1. The number of nitrogens with zero attached hydrogens (tertiary/aromatic N) is 1. The van der Waals surface area contributed by atoms with E-state index in [-0.39, 0.29) is 0 Å². The zero-order chi connectivity index (χ0) is 13.1. The predicted octanol–water partition coefficient (Wildman–Crippen LogP) is 2.64. The van der Waals surface area contributed by atoms with Gasteiger partial charge in [-0.05, 0) is 32.0 Å². The van der Waals surface area contributed by atoms with Crippen molar-refractivity contribution in [2.45, 2.75) is 32.5 Å². The summed E-state index contributed by atoms with van der Waals surface area (Å²) in [6, 6.07) is 7.29. The summed E-state index contributed by atoms with van der Waals surface area (Å²) in [5.41, 5.74) is 1.24. The third-order valence-electron chi connectivity index (χ3n) is 3.27. The van der Waals surface area contributed by atoms with Gasteiger partial charge in [0.25, 0.3) is 0 Å². The molecular formula is C14H21BrN2O. The quantitative estimate of drug-likeness (QED) is 0.928. The molecule has 3 nitrogen and oxygen atoms in total. The van der Waals surface area contributed by atoms with E-state index in [1.165, 1.54) is 5.56 Å². The fourth-order valence-electron chi connectivity index (χ4n) is 2.68. The van der Waals surface area contributed by atoms with Gasteiger partial charge >= 0.3 is 0 Å². The maximum atomic E-state index is 5.43. The predicted molar refractivity (Wildman–Crippen MR) is 78.0 cm³/mol. The average molecular weight is 313 g/mol. The summed E-state index contributed by atoms with van der Waals surface area (Å²) >= 11 is 3.53. The number of hydrogen-bond donors (Lipinski definition) is 1. The minimum atomic E-state index is 0.548. The molecule has 1 fully saturated rings. The van der Waals surface area contributed by atoms with Crippen LogP contribution in [-0.4, -0.2) is 37.2 Å². The van der Waals surface area contributed by atoms with E-state index >= 15 is 0 Å². The first-order chi connectivity index (χ1) is 8.58. The fraction of sp³-hybridized carbons (Fsp3) is 0.571. The van der Waals surface area contributed by atoms with Gasteiger partial charge in [-0.3, -0.25) is 4.90 Å². The maximum absolute atomic E-state index is 5.43. The van der Waals surface area contributed by atoms with Gasteiger partial charge in [0.15, 0.2) is 0 Å². The van der Waals surface area contributed by atoms with Crippen molar-refractivity contribution in [2.75, 3.05) is 20.2 Å². The summed E-state index contributed by atoms with van der Waals surface area (Å²) in [6.45, 7) is 7.58. The second kappa shape index (κ2) is 6.04. The Hall–Kier alpha value is -0.580. The highest BCUT2D eigenvalue weighted by atomic mass is 79.9. The highest BCUT2D eigenvalue weighted by Gasteiger charge is 2.21. The minimum absolute atomic E-state index is 0.548. The Morgan fingerprint density at radius 2 is 2.00 bits per heavy atom. The number of rotatable bonds is 3. The van der Waals surface area contributed by atoms with E-state index in [1.807, 2.05) is 12.1 Å². The topological polar surface area (TPSA) is 24.5 Å².